The molecule has 0 bridgehead atoms. The molecule has 8 nitrogen and oxygen atoms in total. The summed E-state index contributed by atoms with van der Waals surface area (Å²) in [6.07, 6.45) is 3.53. The number of hydrogen-bond acceptors (Lipinski definition) is 8. The van der Waals surface area contributed by atoms with Gasteiger partial charge in [0.25, 0.3) is 0 Å². The second-order valence-corrected chi connectivity index (χ2v) is 12.0. The van der Waals surface area contributed by atoms with Gasteiger partial charge in [-0.3, -0.25) is 0 Å². The lowest BCUT2D eigenvalue weighted by Gasteiger charge is -2.21. The summed E-state index contributed by atoms with van der Waals surface area (Å²) >= 11 is 0. The number of esters is 2. The first-order valence-corrected chi connectivity index (χ1v) is 16.9. The zero-order chi connectivity index (χ0) is 33.4. The Morgan fingerprint density at radius 2 is 0.826 bits per heavy atom. The highest BCUT2D eigenvalue weighted by molar-refractivity contribution is 7.49. The summed E-state index contributed by atoms with van der Waals surface area (Å²) < 4.78 is 41.1. The Balaban J connectivity index is 0.000000260. The molecule has 0 atom stereocenters. The lowest BCUT2D eigenvalue weighted by Crippen LogP contribution is -2.14. The highest BCUT2D eigenvalue weighted by Gasteiger charge is 2.34. The fourth-order valence-corrected chi connectivity index (χ4v) is 5.46. The van der Waals surface area contributed by atoms with Gasteiger partial charge < -0.3 is 23.0 Å². The smallest absolute Gasteiger partial charge is 0.462 e. The topological polar surface area (TPSA) is 97.4 Å². The summed E-state index contributed by atoms with van der Waals surface area (Å²) in [6.45, 7) is 10.4. The van der Waals surface area contributed by atoms with Crippen molar-refractivity contribution in [2.45, 2.75) is 60.3 Å². The summed E-state index contributed by atoms with van der Waals surface area (Å²) in [5.41, 5.74) is 3.06. The van der Waals surface area contributed by atoms with Crippen molar-refractivity contribution < 1.29 is 37.2 Å². The van der Waals surface area contributed by atoms with Crippen LogP contribution in [0.2, 0.25) is 0 Å². The Bertz CT molecular complexity index is 1450. The number of benzene rings is 4. The molecule has 4 rings (SSSR count). The highest BCUT2D eigenvalue weighted by Crippen LogP contribution is 2.51. The van der Waals surface area contributed by atoms with Crippen molar-refractivity contribution in [3.8, 4) is 17.2 Å². The van der Waals surface area contributed by atoms with Gasteiger partial charge in [0.05, 0.1) is 24.3 Å². The van der Waals surface area contributed by atoms with Crippen LogP contribution in [0, 0.1) is 20.8 Å². The lowest BCUT2D eigenvalue weighted by molar-refractivity contribution is 0.0452. The molecule has 46 heavy (non-hydrogen) atoms. The number of para-hydroxylation sites is 3. The van der Waals surface area contributed by atoms with Gasteiger partial charge in [-0.2, -0.15) is 4.57 Å². The van der Waals surface area contributed by atoms with Crippen molar-refractivity contribution in [2.24, 2.45) is 0 Å². The Morgan fingerprint density at radius 3 is 1.13 bits per heavy atom. The predicted octanol–water partition coefficient (Wildman–Crippen LogP) is 9.86. The van der Waals surface area contributed by atoms with Crippen molar-refractivity contribution in [3.63, 3.8) is 0 Å². The summed E-state index contributed by atoms with van der Waals surface area (Å²) in [4.78, 5) is 23.9. The third kappa shape index (κ3) is 11.1. The molecular weight excluding hydrogens is 603 g/mol. The molecule has 0 radical (unpaired) electrons. The van der Waals surface area contributed by atoms with Crippen molar-refractivity contribution >= 4 is 19.8 Å². The molecule has 0 aliphatic carbocycles. The van der Waals surface area contributed by atoms with Crippen molar-refractivity contribution in [1.29, 1.82) is 0 Å². The minimum Gasteiger partial charge on any atom is -0.462 e. The number of phosphoric acid groups is 1. The van der Waals surface area contributed by atoms with E-state index in [1.54, 1.807) is 42.5 Å². The van der Waals surface area contributed by atoms with Gasteiger partial charge >= 0.3 is 19.8 Å². The molecule has 0 amide bonds. The molecule has 0 saturated carbocycles. The molecule has 0 aliphatic rings. The van der Waals surface area contributed by atoms with Crippen LogP contribution >= 0.6 is 7.82 Å². The second kappa shape index (κ2) is 18.4. The van der Waals surface area contributed by atoms with Crippen LogP contribution in [0.4, 0.5) is 0 Å². The monoisotopic (exact) mass is 646 g/mol. The molecule has 4 aromatic rings. The van der Waals surface area contributed by atoms with Crippen LogP contribution in [0.5, 0.6) is 17.2 Å². The SMILES string of the molecule is CCCCOC(=O)c1ccccc1C(=O)OCCCC.Cc1ccccc1OP(=O)(Oc1ccccc1C)Oc1ccccc1C. The van der Waals surface area contributed by atoms with Crippen LogP contribution in [-0.4, -0.2) is 25.2 Å². The normalized spacial score (nSPS) is 10.6. The summed E-state index contributed by atoms with van der Waals surface area (Å²) in [5.74, 6) is 0.428. The number of aryl methyl sites for hydroxylation is 3. The van der Waals surface area contributed by atoms with E-state index in [1.807, 2.05) is 89.2 Å². The third-order valence-corrected chi connectivity index (χ3v) is 8.00. The van der Waals surface area contributed by atoms with Gasteiger partial charge in [0.2, 0.25) is 0 Å². The lowest BCUT2D eigenvalue weighted by atomic mass is 10.1. The van der Waals surface area contributed by atoms with Gasteiger partial charge in [-0.05, 0) is 80.6 Å². The first-order chi connectivity index (χ1) is 22.2. The number of phosphoric ester groups is 1. The fraction of sp³-hybridized carbons (Fsp3) is 0.297. The number of carbonyl (C=O) groups is 2. The van der Waals surface area contributed by atoms with E-state index in [0.717, 1.165) is 42.4 Å². The van der Waals surface area contributed by atoms with E-state index < -0.39 is 19.8 Å². The molecule has 0 fully saturated rings. The van der Waals surface area contributed by atoms with Crippen molar-refractivity contribution in [1.82, 2.24) is 0 Å². The summed E-state index contributed by atoms with van der Waals surface area (Å²) in [6, 6.07) is 28.5. The van der Waals surface area contributed by atoms with Crippen LogP contribution in [0.25, 0.3) is 0 Å². The largest absolute Gasteiger partial charge is 0.647 e. The van der Waals surface area contributed by atoms with Crippen LogP contribution in [0.3, 0.4) is 0 Å². The zero-order valence-electron chi connectivity index (χ0n) is 27.2. The molecule has 0 heterocycles. The third-order valence-electron chi connectivity index (χ3n) is 6.74. The first-order valence-electron chi connectivity index (χ1n) is 15.5. The van der Waals surface area contributed by atoms with Gasteiger partial charge in [0, 0.05) is 0 Å². The summed E-state index contributed by atoms with van der Waals surface area (Å²) in [5, 5.41) is 0. The number of ether oxygens (including phenoxy) is 2. The first kappa shape index (κ1) is 35.9. The number of rotatable bonds is 14. The Hall–Kier alpha value is -4.55. The Kier molecular flexibility index (Phi) is 14.4. The van der Waals surface area contributed by atoms with E-state index in [-0.39, 0.29) is 11.1 Å². The molecule has 244 valence electrons. The minimum atomic E-state index is -3.97. The van der Waals surface area contributed by atoms with Gasteiger partial charge in [-0.15, -0.1) is 0 Å². The van der Waals surface area contributed by atoms with Gasteiger partial charge in [-0.25, -0.2) is 9.59 Å². The predicted molar refractivity (Wildman–Crippen MR) is 180 cm³/mol. The average molecular weight is 647 g/mol. The highest BCUT2D eigenvalue weighted by atomic mass is 31.2. The maximum absolute atomic E-state index is 13.5. The average Bonchev–Trinajstić information content (AvgIpc) is 3.05. The van der Waals surface area contributed by atoms with Crippen molar-refractivity contribution in [2.75, 3.05) is 13.2 Å². The van der Waals surface area contributed by atoms with Crippen molar-refractivity contribution in [3.05, 3.63) is 125 Å². The molecule has 0 unspecified atom stereocenters. The van der Waals surface area contributed by atoms with Crippen LogP contribution in [-0.2, 0) is 14.0 Å². The zero-order valence-corrected chi connectivity index (χ0v) is 28.1. The van der Waals surface area contributed by atoms with E-state index in [1.165, 1.54) is 0 Å². The number of hydrogen-bond donors (Lipinski definition) is 0. The molecular formula is C37H43O8P. The van der Waals surface area contributed by atoms with Gasteiger partial charge in [0.1, 0.15) is 17.2 Å². The van der Waals surface area contributed by atoms with Crippen LogP contribution < -0.4 is 13.6 Å². The summed E-state index contributed by atoms with van der Waals surface area (Å²) in [7, 11) is -3.97. The maximum Gasteiger partial charge on any atom is 0.647 e. The second-order valence-electron chi connectivity index (χ2n) is 10.5. The van der Waals surface area contributed by atoms with Gasteiger partial charge in [-0.1, -0.05) is 93.4 Å². The quantitative estimate of drug-likeness (QED) is 0.0759. The molecule has 0 aromatic heterocycles. The molecule has 9 heteroatoms. The van der Waals surface area contributed by atoms with Gasteiger partial charge in [0.15, 0.2) is 0 Å². The molecule has 0 N–H and O–H groups in total. The van der Waals surface area contributed by atoms with Crippen LogP contribution in [0.1, 0.15) is 76.9 Å². The maximum atomic E-state index is 13.5. The molecule has 0 saturated heterocycles. The fourth-order valence-electron chi connectivity index (χ4n) is 4.01. The molecule has 0 aliphatic heterocycles. The number of carbonyl (C=O) groups excluding carboxylic acids is 2. The molecule has 0 spiro atoms. The minimum absolute atomic E-state index is 0.269. The van der Waals surface area contributed by atoms with E-state index in [9.17, 15) is 14.2 Å². The van der Waals surface area contributed by atoms with E-state index in [2.05, 4.69) is 0 Å². The van der Waals surface area contributed by atoms with E-state index in [4.69, 9.17) is 23.0 Å². The standard InChI is InChI=1S/C21H21O4P.C16H22O4/c1-16-10-4-7-13-19(16)23-26(22,24-20-14-8-5-11-17(20)2)25-21-15-9-6-12-18(21)3;1-3-5-11-19-15(17)13-9-7-8-10-14(13)16(18)20-12-6-4-2/h4-15H,1-3H3;7-10H,3-6,11-12H2,1-2H3. The Morgan fingerprint density at radius 1 is 0.522 bits per heavy atom. The molecule has 4 aromatic carbocycles. The van der Waals surface area contributed by atoms with E-state index in [0.29, 0.717) is 30.5 Å². The number of unbranched alkanes of at least 4 members (excludes halogenated alkanes) is 2. The van der Waals surface area contributed by atoms with E-state index >= 15 is 0 Å². The van der Waals surface area contributed by atoms with Crippen LogP contribution in [0.15, 0.2) is 97.1 Å². The Labute approximate surface area is 272 Å².